The van der Waals surface area contributed by atoms with Crippen LogP contribution in [0.25, 0.3) is 0 Å². The Hall–Kier alpha value is -3.15. The number of imide groups is 1. The van der Waals surface area contributed by atoms with E-state index in [1.165, 1.54) is 19.2 Å². The number of nitrogens with zero attached hydrogens (tertiary/aromatic N) is 1. The van der Waals surface area contributed by atoms with Gasteiger partial charge in [-0.1, -0.05) is 18.2 Å². The van der Waals surface area contributed by atoms with Crippen LogP contribution in [0.2, 0.25) is 0 Å². The van der Waals surface area contributed by atoms with Gasteiger partial charge in [0.05, 0.1) is 30.8 Å². The number of carbonyl (C=O) groups is 3. The van der Waals surface area contributed by atoms with Crippen LogP contribution >= 0.6 is 0 Å². The van der Waals surface area contributed by atoms with Crippen molar-refractivity contribution in [1.82, 2.24) is 4.90 Å². The van der Waals surface area contributed by atoms with E-state index in [-0.39, 0.29) is 17.9 Å². The first-order valence-corrected chi connectivity index (χ1v) is 6.86. The lowest BCUT2D eigenvalue weighted by atomic mass is 10.1. The molecule has 0 atom stereocenters. The summed E-state index contributed by atoms with van der Waals surface area (Å²) in [4.78, 5) is 36.8. The molecule has 1 aliphatic heterocycles. The highest BCUT2D eigenvalue weighted by Gasteiger charge is 2.34. The number of aromatic carboxylic acids is 1. The molecule has 1 aliphatic rings. The van der Waals surface area contributed by atoms with Crippen molar-refractivity contribution in [2.75, 3.05) is 7.11 Å². The molecule has 2 amide bonds. The molecule has 3 rings (SSSR count). The molecule has 0 unspecified atom stereocenters. The number of amides is 2. The second kappa shape index (κ2) is 5.57. The van der Waals surface area contributed by atoms with Crippen LogP contribution < -0.4 is 9.84 Å². The molecule has 0 fully saturated rings. The van der Waals surface area contributed by atoms with Gasteiger partial charge >= 0.3 is 0 Å². The summed E-state index contributed by atoms with van der Waals surface area (Å²) >= 11 is 0. The number of carboxylic acids is 1. The van der Waals surface area contributed by atoms with Gasteiger partial charge in [-0.05, 0) is 29.8 Å². The molecule has 0 saturated heterocycles. The summed E-state index contributed by atoms with van der Waals surface area (Å²) < 4.78 is 4.96. The number of fused-ring (bicyclic) bond motifs is 1. The average Bonchev–Trinajstić information content (AvgIpc) is 2.80. The van der Waals surface area contributed by atoms with Crippen molar-refractivity contribution in [3.63, 3.8) is 0 Å². The number of benzene rings is 2. The minimum atomic E-state index is -1.38. The Morgan fingerprint density at radius 2 is 1.70 bits per heavy atom. The summed E-state index contributed by atoms with van der Waals surface area (Å²) in [5.41, 5.74) is 1.08. The van der Waals surface area contributed by atoms with Crippen molar-refractivity contribution in [2.45, 2.75) is 6.54 Å². The Kier molecular flexibility index (Phi) is 3.57. The molecule has 6 heteroatoms. The third kappa shape index (κ3) is 2.44. The van der Waals surface area contributed by atoms with Gasteiger partial charge < -0.3 is 14.6 Å². The Morgan fingerprint density at radius 3 is 2.22 bits per heavy atom. The predicted molar refractivity (Wildman–Crippen MR) is 78.0 cm³/mol. The lowest BCUT2D eigenvalue weighted by Gasteiger charge is -2.16. The third-order valence-electron chi connectivity index (χ3n) is 3.70. The third-order valence-corrected chi connectivity index (χ3v) is 3.70. The van der Waals surface area contributed by atoms with E-state index in [0.29, 0.717) is 16.7 Å². The van der Waals surface area contributed by atoms with Crippen molar-refractivity contribution in [1.29, 1.82) is 0 Å². The highest BCUT2D eigenvalue weighted by atomic mass is 16.5. The molecule has 2 aromatic rings. The maximum atomic E-state index is 12.3. The van der Waals surface area contributed by atoms with Gasteiger partial charge in [0.2, 0.25) is 0 Å². The highest BCUT2D eigenvalue weighted by Crippen LogP contribution is 2.26. The monoisotopic (exact) mass is 310 g/mol. The second-order valence-corrected chi connectivity index (χ2v) is 5.06. The number of methoxy groups -OCH3 is 1. The first kappa shape index (κ1) is 14.8. The molecule has 0 bridgehead atoms. The fourth-order valence-corrected chi connectivity index (χ4v) is 2.58. The van der Waals surface area contributed by atoms with Crippen molar-refractivity contribution >= 4 is 17.8 Å². The average molecular weight is 310 g/mol. The second-order valence-electron chi connectivity index (χ2n) is 5.06. The van der Waals surface area contributed by atoms with Gasteiger partial charge in [0.15, 0.2) is 0 Å². The van der Waals surface area contributed by atoms with Crippen molar-refractivity contribution < 1.29 is 24.2 Å². The number of hydrogen-bond acceptors (Lipinski definition) is 5. The van der Waals surface area contributed by atoms with Gasteiger partial charge in [0.25, 0.3) is 11.8 Å². The topological polar surface area (TPSA) is 86.7 Å². The molecule has 23 heavy (non-hydrogen) atoms. The zero-order chi connectivity index (χ0) is 16.6. The summed E-state index contributed by atoms with van der Waals surface area (Å²) in [5.74, 6) is -2.00. The van der Waals surface area contributed by atoms with E-state index in [1.807, 2.05) is 0 Å². The van der Waals surface area contributed by atoms with E-state index in [2.05, 4.69) is 0 Å². The number of ether oxygens (including phenoxy) is 1. The molecule has 2 aromatic carbocycles. The van der Waals surface area contributed by atoms with Crippen LogP contribution in [0.5, 0.6) is 5.75 Å². The lowest BCUT2D eigenvalue weighted by Crippen LogP contribution is -2.29. The Labute approximate surface area is 131 Å². The molecule has 0 spiro atoms. The van der Waals surface area contributed by atoms with Crippen LogP contribution in [-0.2, 0) is 6.54 Å². The van der Waals surface area contributed by atoms with Crippen LogP contribution in [-0.4, -0.2) is 29.8 Å². The largest absolute Gasteiger partial charge is 0.545 e. The molecular formula is C17H12NO5-. The van der Waals surface area contributed by atoms with Crippen molar-refractivity contribution in [3.8, 4) is 5.75 Å². The quantitative estimate of drug-likeness (QED) is 0.782. The van der Waals surface area contributed by atoms with E-state index >= 15 is 0 Å². The molecule has 1 heterocycles. The number of carbonyl (C=O) groups excluding carboxylic acids is 3. The van der Waals surface area contributed by atoms with Gasteiger partial charge in [0, 0.05) is 5.56 Å². The SMILES string of the molecule is COc1ccc(CN2C(=O)c3ccccc3C2=O)cc1C(=O)[O-]. The van der Waals surface area contributed by atoms with Gasteiger partial charge in [-0.2, -0.15) is 0 Å². The molecule has 0 saturated carbocycles. The van der Waals surface area contributed by atoms with Crippen LogP contribution in [0.4, 0.5) is 0 Å². The van der Waals surface area contributed by atoms with Gasteiger partial charge in [0.1, 0.15) is 5.75 Å². The van der Waals surface area contributed by atoms with Gasteiger partial charge in [-0.15, -0.1) is 0 Å². The van der Waals surface area contributed by atoms with Crippen LogP contribution in [0.1, 0.15) is 36.6 Å². The normalized spacial score (nSPS) is 13.2. The zero-order valence-electron chi connectivity index (χ0n) is 12.2. The van der Waals surface area contributed by atoms with Crippen LogP contribution in [0.3, 0.4) is 0 Å². The standard InChI is InChI=1S/C17H13NO5/c1-23-14-7-6-10(8-13(14)17(21)22)9-18-15(19)11-4-2-3-5-12(11)16(18)20/h2-8H,9H2,1H3,(H,21,22)/p-1. The Morgan fingerprint density at radius 1 is 1.09 bits per heavy atom. The summed E-state index contributed by atoms with van der Waals surface area (Å²) in [6.45, 7) is -0.0172. The zero-order valence-corrected chi connectivity index (χ0v) is 12.2. The number of rotatable bonds is 4. The van der Waals surface area contributed by atoms with Crippen LogP contribution in [0.15, 0.2) is 42.5 Å². The van der Waals surface area contributed by atoms with E-state index in [0.717, 1.165) is 4.90 Å². The lowest BCUT2D eigenvalue weighted by molar-refractivity contribution is -0.255. The minimum Gasteiger partial charge on any atom is -0.545 e. The molecule has 0 radical (unpaired) electrons. The van der Waals surface area contributed by atoms with Crippen molar-refractivity contribution in [2.24, 2.45) is 0 Å². The van der Waals surface area contributed by atoms with Crippen molar-refractivity contribution in [3.05, 3.63) is 64.7 Å². The summed E-state index contributed by atoms with van der Waals surface area (Å²) in [5, 5.41) is 11.1. The Bertz CT molecular complexity index is 792. The van der Waals surface area contributed by atoms with E-state index in [1.54, 1.807) is 30.3 Å². The predicted octanol–water partition coefficient (Wildman–Crippen LogP) is 0.855. The first-order chi connectivity index (χ1) is 11.0. The maximum Gasteiger partial charge on any atom is 0.261 e. The van der Waals surface area contributed by atoms with E-state index in [9.17, 15) is 19.5 Å². The van der Waals surface area contributed by atoms with E-state index < -0.39 is 17.8 Å². The molecule has 116 valence electrons. The molecule has 0 aromatic heterocycles. The molecule has 0 N–H and O–H groups in total. The highest BCUT2D eigenvalue weighted by molar-refractivity contribution is 6.21. The van der Waals surface area contributed by atoms with Gasteiger partial charge in [-0.25, -0.2) is 0 Å². The van der Waals surface area contributed by atoms with Gasteiger partial charge in [-0.3, -0.25) is 14.5 Å². The summed E-state index contributed by atoms with van der Waals surface area (Å²) in [6.07, 6.45) is 0. The minimum absolute atomic E-state index is 0.0172. The number of carboxylic acid groups (broad SMARTS) is 1. The Balaban J connectivity index is 1.92. The first-order valence-electron chi connectivity index (χ1n) is 6.86. The number of hydrogen-bond donors (Lipinski definition) is 0. The smallest absolute Gasteiger partial charge is 0.261 e. The fraction of sp³-hybridized carbons (Fsp3) is 0.118. The summed E-state index contributed by atoms with van der Waals surface area (Å²) in [7, 11) is 1.35. The molecule has 0 aliphatic carbocycles. The fourth-order valence-electron chi connectivity index (χ4n) is 2.58. The summed E-state index contributed by atoms with van der Waals surface area (Å²) in [6, 6.07) is 11.0. The maximum absolute atomic E-state index is 12.3. The molecule has 6 nitrogen and oxygen atoms in total. The van der Waals surface area contributed by atoms with E-state index in [4.69, 9.17) is 4.74 Å². The van der Waals surface area contributed by atoms with Crippen LogP contribution in [0, 0.1) is 0 Å². The molecular weight excluding hydrogens is 298 g/mol.